The van der Waals surface area contributed by atoms with Gasteiger partial charge in [0, 0.05) is 26.4 Å². The maximum Gasteiger partial charge on any atom is 0.220 e. The molecular formula is C19H29Cl2FN4O. The Hall–Kier alpha value is -1.37. The first-order valence-corrected chi connectivity index (χ1v) is 9.11. The average Bonchev–Trinajstić information content (AvgIpc) is 2.94. The van der Waals surface area contributed by atoms with E-state index in [0.29, 0.717) is 31.4 Å². The van der Waals surface area contributed by atoms with Crippen molar-refractivity contribution in [2.24, 2.45) is 18.2 Å². The second kappa shape index (κ2) is 10.2. The number of carbonyl (C=O) groups is 1. The van der Waals surface area contributed by atoms with E-state index in [1.54, 1.807) is 6.07 Å². The van der Waals surface area contributed by atoms with Gasteiger partial charge in [0.25, 0.3) is 0 Å². The number of para-hydroxylation sites is 1. The van der Waals surface area contributed by atoms with Crippen LogP contribution in [0.15, 0.2) is 18.2 Å². The summed E-state index contributed by atoms with van der Waals surface area (Å²) in [6.45, 7) is 1.07. The zero-order chi connectivity index (χ0) is 17.9. The van der Waals surface area contributed by atoms with Gasteiger partial charge in [-0.2, -0.15) is 0 Å². The molecule has 3 rings (SSSR count). The molecule has 0 atom stereocenters. The molecule has 1 aliphatic carbocycles. The highest BCUT2D eigenvalue weighted by molar-refractivity contribution is 5.85. The number of hydrogen-bond donors (Lipinski definition) is 2. The van der Waals surface area contributed by atoms with Crippen molar-refractivity contribution in [3.05, 3.63) is 29.8 Å². The normalized spacial score (nSPS) is 15.7. The summed E-state index contributed by atoms with van der Waals surface area (Å²) in [5.74, 6) is 0.509. The fourth-order valence-corrected chi connectivity index (χ4v) is 3.92. The van der Waals surface area contributed by atoms with Crippen molar-refractivity contribution in [3.8, 4) is 0 Å². The van der Waals surface area contributed by atoms with Crippen LogP contribution in [-0.4, -0.2) is 28.5 Å². The molecule has 152 valence electrons. The largest absolute Gasteiger partial charge is 0.356 e. The van der Waals surface area contributed by atoms with E-state index in [1.165, 1.54) is 12.5 Å². The number of nitrogens with two attached hydrogens (primary N) is 1. The van der Waals surface area contributed by atoms with Gasteiger partial charge in [-0.05, 0) is 36.9 Å². The summed E-state index contributed by atoms with van der Waals surface area (Å²) in [4.78, 5) is 16.7. The van der Waals surface area contributed by atoms with Gasteiger partial charge in [-0.15, -0.1) is 24.8 Å². The minimum absolute atomic E-state index is 0. The molecule has 0 aliphatic heterocycles. The molecule has 0 radical (unpaired) electrons. The molecule has 8 heteroatoms. The Morgan fingerprint density at radius 3 is 2.63 bits per heavy atom. The van der Waals surface area contributed by atoms with Gasteiger partial charge in [0.2, 0.25) is 5.91 Å². The molecule has 2 aromatic rings. The van der Waals surface area contributed by atoms with E-state index in [0.717, 1.165) is 37.0 Å². The summed E-state index contributed by atoms with van der Waals surface area (Å²) in [6, 6.07) is 4.94. The van der Waals surface area contributed by atoms with Crippen LogP contribution < -0.4 is 11.1 Å². The number of rotatable bonds is 6. The third-order valence-corrected chi connectivity index (χ3v) is 5.51. The van der Waals surface area contributed by atoms with Gasteiger partial charge in [-0.3, -0.25) is 4.79 Å². The summed E-state index contributed by atoms with van der Waals surface area (Å²) in [5, 5.41) is 2.98. The SMILES string of the molecule is Cl.Cl.Cn1c(CCNC(=O)CC2(CN)CCCCC2)nc2c(F)cccc21. The third-order valence-electron chi connectivity index (χ3n) is 5.51. The number of amides is 1. The third kappa shape index (κ3) is 5.33. The Morgan fingerprint density at radius 2 is 2.00 bits per heavy atom. The van der Waals surface area contributed by atoms with Crippen molar-refractivity contribution >= 4 is 41.8 Å². The molecule has 1 aromatic heterocycles. The van der Waals surface area contributed by atoms with Gasteiger partial charge >= 0.3 is 0 Å². The number of nitrogens with one attached hydrogen (secondary N) is 1. The van der Waals surface area contributed by atoms with Crippen LogP contribution in [-0.2, 0) is 18.3 Å². The highest BCUT2D eigenvalue weighted by Gasteiger charge is 2.32. The molecule has 5 nitrogen and oxygen atoms in total. The number of imidazole rings is 1. The lowest BCUT2D eigenvalue weighted by Gasteiger charge is -2.35. The maximum atomic E-state index is 13.8. The first-order valence-electron chi connectivity index (χ1n) is 9.11. The number of carbonyl (C=O) groups excluding carboxylic acids is 1. The minimum Gasteiger partial charge on any atom is -0.356 e. The van der Waals surface area contributed by atoms with Crippen LogP contribution in [0.25, 0.3) is 11.0 Å². The number of halogens is 3. The Morgan fingerprint density at radius 1 is 1.30 bits per heavy atom. The lowest BCUT2D eigenvalue weighted by Crippen LogP contribution is -2.39. The van der Waals surface area contributed by atoms with Gasteiger partial charge in [0.15, 0.2) is 5.82 Å². The highest BCUT2D eigenvalue weighted by Crippen LogP contribution is 2.38. The molecule has 3 N–H and O–H groups in total. The molecule has 0 bridgehead atoms. The number of aryl methyl sites for hydroxylation is 1. The molecule has 1 heterocycles. The summed E-state index contributed by atoms with van der Waals surface area (Å²) in [6.07, 6.45) is 6.73. The molecule has 27 heavy (non-hydrogen) atoms. The van der Waals surface area contributed by atoms with Gasteiger partial charge in [0.1, 0.15) is 11.3 Å². The van der Waals surface area contributed by atoms with E-state index < -0.39 is 0 Å². The van der Waals surface area contributed by atoms with Crippen LogP contribution in [0, 0.1) is 11.2 Å². The van der Waals surface area contributed by atoms with Crippen molar-refractivity contribution < 1.29 is 9.18 Å². The number of fused-ring (bicyclic) bond motifs is 1. The predicted octanol–water partition coefficient (Wildman–Crippen LogP) is 3.51. The molecule has 1 amide bonds. The van der Waals surface area contributed by atoms with Crippen LogP contribution in [0.4, 0.5) is 4.39 Å². The maximum absolute atomic E-state index is 13.8. The zero-order valence-electron chi connectivity index (χ0n) is 15.7. The monoisotopic (exact) mass is 418 g/mol. The lowest BCUT2D eigenvalue weighted by atomic mass is 9.71. The molecule has 1 saturated carbocycles. The topological polar surface area (TPSA) is 72.9 Å². The Kier molecular flexibility index (Phi) is 8.99. The Balaban J connectivity index is 0.00000182. The van der Waals surface area contributed by atoms with Gasteiger partial charge in [-0.1, -0.05) is 25.3 Å². The van der Waals surface area contributed by atoms with E-state index in [9.17, 15) is 9.18 Å². The van der Waals surface area contributed by atoms with E-state index in [2.05, 4.69) is 10.3 Å². The minimum atomic E-state index is -0.314. The van der Waals surface area contributed by atoms with Crippen LogP contribution in [0.1, 0.15) is 44.3 Å². The smallest absolute Gasteiger partial charge is 0.220 e. The fourth-order valence-electron chi connectivity index (χ4n) is 3.92. The molecular weight excluding hydrogens is 390 g/mol. The van der Waals surface area contributed by atoms with Crippen LogP contribution in [0.3, 0.4) is 0 Å². The first kappa shape index (κ1) is 23.7. The lowest BCUT2D eigenvalue weighted by molar-refractivity contribution is -0.123. The summed E-state index contributed by atoms with van der Waals surface area (Å²) in [5.41, 5.74) is 7.08. The highest BCUT2D eigenvalue weighted by atomic mass is 35.5. The van der Waals surface area contributed by atoms with Crippen molar-refractivity contribution in [2.75, 3.05) is 13.1 Å². The number of nitrogens with zero attached hydrogens (tertiary/aromatic N) is 2. The Labute approximate surface area is 172 Å². The van der Waals surface area contributed by atoms with E-state index in [1.807, 2.05) is 17.7 Å². The number of benzene rings is 1. The van der Waals surface area contributed by atoms with E-state index in [-0.39, 0.29) is 42.0 Å². The summed E-state index contributed by atoms with van der Waals surface area (Å²) in [7, 11) is 1.87. The predicted molar refractivity (Wildman–Crippen MR) is 111 cm³/mol. The second-order valence-electron chi connectivity index (χ2n) is 7.24. The fraction of sp³-hybridized carbons (Fsp3) is 0.579. The molecule has 1 fully saturated rings. The molecule has 0 unspecified atom stereocenters. The summed E-state index contributed by atoms with van der Waals surface area (Å²) < 4.78 is 15.7. The summed E-state index contributed by atoms with van der Waals surface area (Å²) >= 11 is 0. The van der Waals surface area contributed by atoms with Crippen molar-refractivity contribution in [3.63, 3.8) is 0 Å². The molecule has 0 saturated heterocycles. The zero-order valence-corrected chi connectivity index (χ0v) is 17.3. The first-order chi connectivity index (χ1) is 12.0. The second-order valence-corrected chi connectivity index (χ2v) is 7.24. The molecule has 0 spiro atoms. The van der Waals surface area contributed by atoms with Crippen molar-refractivity contribution in [1.82, 2.24) is 14.9 Å². The van der Waals surface area contributed by atoms with E-state index >= 15 is 0 Å². The van der Waals surface area contributed by atoms with Gasteiger partial charge in [-0.25, -0.2) is 9.37 Å². The molecule has 1 aliphatic rings. The van der Waals surface area contributed by atoms with Crippen LogP contribution >= 0.6 is 24.8 Å². The van der Waals surface area contributed by atoms with Gasteiger partial charge in [0.05, 0.1) is 5.52 Å². The quantitative estimate of drug-likeness (QED) is 0.753. The number of aromatic nitrogens is 2. The van der Waals surface area contributed by atoms with Gasteiger partial charge < -0.3 is 15.6 Å². The van der Waals surface area contributed by atoms with Crippen molar-refractivity contribution in [1.29, 1.82) is 0 Å². The number of hydrogen-bond acceptors (Lipinski definition) is 3. The Bertz CT molecular complexity index is 759. The van der Waals surface area contributed by atoms with Crippen molar-refractivity contribution in [2.45, 2.75) is 44.9 Å². The molecule has 1 aromatic carbocycles. The van der Waals surface area contributed by atoms with E-state index in [4.69, 9.17) is 5.73 Å². The van der Waals surface area contributed by atoms with Crippen LogP contribution in [0.5, 0.6) is 0 Å². The van der Waals surface area contributed by atoms with Crippen LogP contribution in [0.2, 0.25) is 0 Å². The average molecular weight is 419 g/mol. The standard InChI is InChI=1S/C19H27FN4O.2ClH/c1-24-15-7-5-6-14(20)18(15)23-16(24)8-11-22-17(25)12-19(13-21)9-3-2-4-10-19;;/h5-7H,2-4,8-13,21H2,1H3,(H,22,25);2*1H.